The van der Waals surface area contributed by atoms with Crippen LogP contribution in [0.4, 0.5) is 17.2 Å². The molecule has 2 amide bonds. The van der Waals surface area contributed by atoms with Gasteiger partial charge in [-0.2, -0.15) is 0 Å². The number of pyridine rings is 1. The number of para-hydroxylation sites is 1. The molecule has 3 aliphatic rings. The Morgan fingerprint density at radius 2 is 1.76 bits per heavy atom. The minimum absolute atomic E-state index is 0.0443. The van der Waals surface area contributed by atoms with Crippen molar-refractivity contribution in [3.8, 4) is 10.4 Å². The molecule has 42 heavy (non-hydrogen) atoms. The number of aromatic nitrogens is 1. The molecule has 0 bridgehead atoms. The lowest BCUT2D eigenvalue weighted by molar-refractivity contribution is -0.000509. The van der Waals surface area contributed by atoms with E-state index in [9.17, 15) is 9.59 Å². The average Bonchev–Trinajstić information content (AvgIpc) is 3.29. The first kappa shape index (κ1) is 26.9. The SMILES string of the molecule is Cc1cnc(N2CC3(CCOCC3)C2)c(C(=O)Nc2ccc(C(=O)N3CCc4cc(C)sc4-c4ccccc43)cc2)c1. The van der Waals surface area contributed by atoms with Crippen LogP contribution in [0.15, 0.2) is 66.9 Å². The molecule has 214 valence electrons. The molecule has 2 aromatic carbocycles. The van der Waals surface area contributed by atoms with E-state index in [1.54, 1.807) is 35.6 Å². The number of ether oxygens (including phenoxy) is 1. The molecule has 0 atom stereocenters. The van der Waals surface area contributed by atoms with Crippen LogP contribution in [-0.4, -0.2) is 49.6 Å². The van der Waals surface area contributed by atoms with E-state index in [2.05, 4.69) is 34.3 Å². The Morgan fingerprint density at radius 3 is 2.55 bits per heavy atom. The van der Waals surface area contributed by atoms with E-state index in [-0.39, 0.29) is 17.2 Å². The Balaban J connectivity index is 1.08. The second kappa shape index (κ2) is 10.7. The van der Waals surface area contributed by atoms with Crippen LogP contribution in [-0.2, 0) is 11.2 Å². The van der Waals surface area contributed by atoms with Crippen molar-refractivity contribution in [3.05, 3.63) is 94.0 Å². The third-order valence-electron chi connectivity index (χ3n) is 8.76. The summed E-state index contributed by atoms with van der Waals surface area (Å²) in [5.41, 5.74) is 6.35. The number of carbonyl (C=O) groups is 2. The summed E-state index contributed by atoms with van der Waals surface area (Å²) < 4.78 is 5.56. The molecule has 0 saturated carbocycles. The van der Waals surface area contributed by atoms with Gasteiger partial charge in [0.25, 0.3) is 11.8 Å². The largest absolute Gasteiger partial charge is 0.381 e. The van der Waals surface area contributed by atoms with Crippen molar-refractivity contribution in [1.82, 2.24) is 4.98 Å². The molecular weight excluding hydrogens is 544 g/mol. The van der Waals surface area contributed by atoms with Gasteiger partial charge in [0.2, 0.25) is 0 Å². The molecule has 2 saturated heterocycles. The van der Waals surface area contributed by atoms with Gasteiger partial charge in [-0.25, -0.2) is 4.98 Å². The lowest BCUT2D eigenvalue weighted by Gasteiger charge is -2.53. The first-order chi connectivity index (χ1) is 20.4. The number of carbonyl (C=O) groups excluding carboxylic acids is 2. The number of amides is 2. The lowest BCUT2D eigenvalue weighted by Crippen LogP contribution is -2.59. The van der Waals surface area contributed by atoms with Gasteiger partial charge < -0.3 is 19.9 Å². The molecule has 3 aliphatic heterocycles. The van der Waals surface area contributed by atoms with Gasteiger partial charge in [0.05, 0.1) is 11.3 Å². The summed E-state index contributed by atoms with van der Waals surface area (Å²) in [6.07, 6.45) is 4.74. The molecule has 5 heterocycles. The fourth-order valence-electron chi connectivity index (χ4n) is 6.51. The number of thiophene rings is 1. The average molecular weight is 579 g/mol. The zero-order valence-corrected chi connectivity index (χ0v) is 24.8. The zero-order valence-electron chi connectivity index (χ0n) is 24.0. The van der Waals surface area contributed by atoms with Crippen LogP contribution in [0.3, 0.4) is 0 Å². The first-order valence-electron chi connectivity index (χ1n) is 14.6. The normalized spacial score (nSPS) is 17.2. The van der Waals surface area contributed by atoms with Crippen molar-refractivity contribution in [2.75, 3.05) is 48.0 Å². The molecule has 7 rings (SSSR count). The van der Waals surface area contributed by atoms with Crippen molar-refractivity contribution in [1.29, 1.82) is 0 Å². The van der Waals surface area contributed by atoms with Crippen LogP contribution in [0.25, 0.3) is 10.4 Å². The third kappa shape index (κ3) is 4.88. The Morgan fingerprint density at radius 1 is 1.00 bits per heavy atom. The number of hydrogen-bond acceptors (Lipinski definition) is 6. The van der Waals surface area contributed by atoms with Crippen LogP contribution in [0.1, 0.15) is 49.6 Å². The number of rotatable bonds is 4. The number of hydrogen-bond donors (Lipinski definition) is 1. The molecule has 2 fully saturated rings. The van der Waals surface area contributed by atoms with Crippen molar-refractivity contribution in [2.24, 2.45) is 5.41 Å². The fourth-order valence-corrected chi connectivity index (χ4v) is 7.61. The highest BCUT2D eigenvalue weighted by molar-refractivity contribution is 7.15. The second-order valence-electron chi connectivity index (χ2n) is 11.8. The monoisotopic (exact) mass is 578 g/mol. The smallest absolute Gasteiger partial charge is 0.259 e. The van der Waals surface area contributed by atoms with Crippen molar-refractivity contribution in [3.63, 3.8) is 0 Å². The highest BCUT2D eigenvalue weighted by Crippen LogP contribution is 2.43. The van der Waals surface area contributed by atoms with Crippen LogP contribution < -0.4 is 15.1 Å². The molecule has 0 radical (unpaired) electrons. The summed E-state index contributed by atoms with van der Waals surface area (Å²) in [5.74, 6) is 0.485. The van der Waals surface area contributed by atoms with Gasteiger partial charge in [0, 0.05) is 71.0 Å². The van der Waals surface area contributed by atoms with E-state index in [1.165, 1.54) is 15.3 Å². The number of nitrogens with one attached hydrogen (secondary N) is 1. The van der Waals surface area contributed by atoms with E-state index in [1.807, 2.05) is 42.3 Å². The van der Waals surface area contributed by atoms with Crippen LogP contribution in [0.5, 0.6) is 0 Å². The number of anilines is 3. The van der Waals surface area contributed by atoms with Gasteiger partial charge in [-0.05, 0) is 86.7 Å². The quantitative estimate of drug-likeness (QED) is 0.299. The van der Waals surface area contributed by atoms with Crippen molar-refractivity contribution < 1.29 is 14.3 Å². The van der Waals surface area contributed by atoms with Crippen LogP contribution in [0.2, 0.25) is 0 Å². The number of nitrogens with zero attached hydrogens (tertiary/aromatic N) is 3. The summed E-state index contributed by atoms with van der Waals surface area (Å²) in [5, 5.41) is 3.04. The van der Waals surface area contributed by atoms with Gasteiger partial charge in [-0.3, -0.25) is 9.59 Å². The Labute approximate surface area is 250 Å². The van der Waals surface area contributed by atoms with E-state index >= 15 is 0 Å². The van der Waals surface area contributed by atoms with E-state index in [4.69, 9.17) is 4.74 Å². The van der Waals surface area contributed by atoms with Gasteiger partial charge in [0.1, 0.15) is 5.82 Å². The van der Waals surface area contributed by atoms with Crippen LogP contribution >= 0.6 is 11.3 Å². The fraction of sp³-hybridized carbons (Fsp3) is 0.324. The van der Waals surface area contributed by atoms with Gasteiger partial charge >= 0.3 is 0 Å². The minimum atomic E-state index is -0.198. The molecule has 1 N–H and O–H groups in total. The lowest BCUT2D eigenvalue weighted by atomic mass is 9.73. The molecule has 0 unspecified atom stereocenters. The summed E-state index contributed by atoms with van der Waals surface area (Å²) >= 11 is 1.79. The number of fused-ring (bicyclic) bond motifs is 3. The predicted octanol–water partition coefficient (Wildman–Crippen LogP) is 6.50. The number of aryl methyl sites for hydroxylation is 2. The van der Waals surface area contributed by atoms with E-state index in [0.717, 1.165) is 68.2 Å². The summed E-state index contributed by atoms with van der Waals surface area (Å²) in [7, 11) is 0. The summed E-state index contributed by atoms with van der Waals surface area (Å²) in [6.45, 7) is 8.11. The van der Waals surface area contributed by atoms with Crippen molar-refractivity contribution in [2.45, 2.75) is 33.1 Å². The topological polar surface area (TPSA) is 74.8 Å². The highest BCUT2D eigenvalue weighted by Gasteiger charge is 2.45. The Bertz CT molecular complexity index is 1660. The highest BCUT2D eigenvalue weighted by atomic mass is 32.1. The zero-order chi connectivity index (χ0) is 28.8. The predicted molar refractivity (Wildman–Crippen MR) is 168 cm³/mol. The summed E-state index contributed by atoms with van der Waals surface area (Å²) in [4.78, 5) is 38.5. The molecular formula is C34H34N4O3S. The third-order valence-corrected chi connectivity index (χ3v) is 9.89. The molecule has 0 aliphatic carbocycles. The Hall–Kier alpha value is -4.01. The van der Waals surface area contributed by atoms with Gasteiger partial charge in [-0.1, -0.05) is 18.2 Å². The standard InChI is InChI=1S/C34H34N4O3S/c1-22-17-28(31(35-19-22)37-20-34(21-37)12-15-41-16-13-34)32(39)36-26-9-7-24(8-10-26)33(40)38-14-11-25-18-23(2)42-30(25)27-5-3-4-6-29(27)38/h3-10,17-19H,11-16,20-21H2,1-2H3,(H,36,39). The maximum Gasteiger partial charge on any atom is 0.259 e. The molecule has 4 aromatic rings. The summed E-state index contributed by atoms with van der Waals surface area (Å²) in [6, 6.07) is 19.5. The Kier molecular flexibility index (Phi) is 6.83. The van der Waals surface area contributed by atoms with Crippen LogP contribution in [0, 0.1) is 19.3 Å². The van der Waals surface area contributed by atoms with Gasteiger partial charge in [-0.15, -0.1) is 11.3 Å². The van der Waals surface area contributed by atoms with Crippen molar-refractivity contribution >= 4 is 40.3 Å². The number of benzene rings is 2. The molecule has 1 spiro atoms. The van der Waals surface area contributed by atoms with E-state index in [0.29, 0.717) is 23.4 Å². The maximum atomic E-state index is 13.8. The van der Waals surface area contributed by atoms with Gasteiger partial charge in [0.15, 0.2) is 0 Å². The molecule has 2 aromatic heterocycles. The van der Waals surface area contributed by atoms with E-state index < -0.39 is 0 Å². The minimum Gasteiger partial charge on any atom is -0.381 e. The second-order valence-corrected chi connectivity index (χ2v) is 13.1. The molecule has 7 nitrogen and oxygen atoms in total. The first-order valence-corrected chi connectivity index (χ1v) is 15.4. The molecule has 8 heteroatoms. The maximum absolute atomic E-state index is 13.8.